The first-order valence-corrected chi connectivity index (χ1v) is 9.52. The molecule has 0 bridgehead atoms. The average Bonchev–Trinajstić information content (AvgIpc) is 3.42. The van der Waals surface area contributed by atoms with E-state index < -0.39 is 23.4 Å². The lowest BCUT2D eigenvalue weighted by Crippen LogP contribution is -2.52. The van der Waals surface area contributed by atoms with Crippen LogP contribution in [0.3, 0.4) is 0 Å². The summed E-state index contributed by atoms with van der Waals surface area (Å²) >= 11 is 0. The Labute approximate surface area is 166 Å². The van der Waals surface area contributed by atoms with Crippen molar-refractivity contribution in [1.82, 2.24) is 0 Å². The van der Waals surface area contributed by atoms with Gasteiger partial charge in [-0.15, -0.1) is 0 Å². The van der Waals surface area contributed by atoms with E-state index in [0.717, 1.165) is 11.1 Å². The highest BCUT2D eigenvalue weighted by Crippen LogP contribution is 2.56. The fourth-order valence-corrected chi connectivity index (χ4v) is 4.65. The van der Waals surface area contributed by atoms with Gasteiger partial charge in [0.05, 0.1) is 25.9 Å². The number of rotatable bonds is 2. The van der Waals surface area contributed by atoms with Crippen LogP contribution in [0.15, 0.2) is 36.4 Å². The number of fused-ring (bicyclic) bond motifs is 3. The minimum atomic E-state index is -1.89. The van der Waals surface area contributed by atoms with Crippen molar-refractivity contribution in [3.63, 3.8) is 0 Å². The molecule has 0 amide bonds. The Hall–Kier alpha value is -2.36. The van der Waals surface area contributed by atoms with Crippen molar-refractivity contribution in [1.29, 1.82) is 0 Å². The molecule has 29 heavy (non-hydrogen) atoms. The zero-order valence-corrected chi connectivity index (χ0v) is 15.5. The topological polar surface area (TPSA) is 95.8 Å². The van der Waals surface area contributed by atoms with E-state index in [1.165, 1.54) is 0 Å². The molecule has 2 saturated heterocycles. The number of ether oxygens (including phenoxy) is 6. The summed E-state index contributed by atoms with van der Waals surface area (Å²) in [5.41, 5.74) is 0.489. The second-order valence-corrected chi connectivity index (χ2v) is 7.76. The van der Waals surface area contributed by atoms with Crippen LogP contribution in [0.25, 0.3) is 0 Å². The molecule has 0 aromatic heterocycles. The van der Waals surface area contributed by atoms with E-state index in [0.29, 0.717) is 29.4 Å². The van der Waals surface area contributed by atoms with Crippen molar-refractivity contribution in [3.05, 3.63) is 53.1 Å². The summed E-state index contributed by atoms with van der Waals surface area (Å²) in [6, 6.07) is 10.8. The maximum absolute atomic E-state index is 11.5. The number of hydrogen-bond donors (Lipinski definition) is 2. The van der Waals surface area contributed by atoms with Crippen LogP contribution in [0.1, 0.15) is 22.8 Å². The Bertz CT molecular complexity index is 977. The van der Waals surface area contributed by atoms with Crippen LogP contribution in [0.5, 0.6) is 17.2 Å². The Morgan fingerprint density at radius 2 is 1.72 bits per heavy atom. The van der Waals surface area contributed by atoms with Crippen LogP contribution in [0.4, 0.5) is 0 Å². The molecule has 2 fully saturated rings. The van der Waals surface area contributed by atoms with Crippen molar-refractivity contribution < 1.29 is 38.6 Å². The minimum absolute atomic E-state index is 0.0582. The predicted molar refractivity (Wildman–Crippen MR) is 96.3 cm³/mol. The van der Waals surface area contributed by atoms with Gasteiger partial charge in [0.2, 0.25) is 12.6 Å². The van der Waals surface area contributed by atoms with Crippen molar-refractivity contribution in [2.24, 2.45) is 5.92 Å². The van der Waals surface area contributed by atoms with E-state index in [1.807, 2.05) is 18.2 Å². The Kier molecular flexibility index (Phi) is 3.66. The molecule has 2 aromatic carbocycles. The first-order chi connectivity index (χ1) is 14.1. The van der Waals surface area contributed by atoms with Crippen molar-refractivity contribution in [2.75, 3.05) is 26.8 Å². The molecule has 4 heterocycles. The van der Waals surface area contributed by atoms with E-state index in [4.69, 9.17) is 28.4 Å². The average molecular weight is 400 g/mol. The lowest BCUT2D eigenvalue weighted by atomic mass is 9.78. The molecule has 0 aliphatic carbocycles. The third-order valence-corrected chi connectivity index (χ3v) is 6.25. The summed E-state index contributed by atoms with van der Waals surface area (Å²) in [6.07, 6.45) is -0.437. The highest BCUT2D eigenvalue weighted by atomic mass is 16.7. The van der Waals surface area contributed by atoms with E-state index in [-0.39, 0.29) is 26.8 Å². The van der Waals surface area contributed by atoms with Crippen molar-refractivity contribution in [3.8, 4) is 17.2 Å². The maximum Gasteiger partial charge on any atom is 0.231 e. The third kappa shape index (κ3) is 2.38. The largest absolute Gasteiger partial charge is 0.467 e. The number of hydrogen-bond acceptors (Lipinski definition) is 8. The second-order valence-electron chi connectivity index (χ2n) is 7.76. The second kappa shape index (κ2) is 6.07. The van der Waals surface area contributed by atoms with Gasteiger partial charge in [-0.1, -0.05) is 6.07 Å². The van der Waals surface area contributed by atoms with Gasteiger partial charge >= 0.3 is 0 Å². The van der Waals surface area contributed by atoms with E-state index in [9.17, 15) is 10.2 Å². The monoisotopic (exact) mass is 400 g/mol. The van der Waals surface area contributed by atoms with Crippen LogP contribution in [0, 0.1) is 5.92 Å². The van der Waals surface area contributed by atoms with Crippen LogP contribution in [0.2, 0.25) is 0 Å². The molecule has 2 aromatic rings. The normalized spacial score (nSPS) is 34.6. The van der Waals surface area contributed by atoms with Gasteiger partial charge in [-0.25, -0.2) is 0 Å². The summed E-state index contributed by atoms with van der Waals surface area (Å²) in [4.78, 5) is 0. The standard InChI is InChI=1S/C21H20O8/c22-20-9-25-19(12-1-3-17-18(6-12)28-11-27-17)15(20)8-29-21(20,23)14-2-4-16-13(5-14)7-24-10-26-16/h1-6,15,19,22-23H,7-11H2. The summed E-state index contributed by atoms with van der Waals surface area (Å²) in [6.45, 7) is 0.849. The Morgan fingerprint density at radius 1 is 0.897 bits per heavy atom. The smallest absolute Gasteiger partial charge is 0.231 e. The quantitative estimate of drug-likeness (QED) is 0.785. The maximum atomic E-state index is 11.5. The minimum Gasteiger partial charge on any atom is -0.467 e. The van der Waals surface area contributed by atoms with E-state index in [1.54, 1.807) is 18.2 Å². The third-order valence-electron chi connectivity index (χ3n) is 6.25. The van der Waals surface area contributed by atoms with Crippen LogP contribution in [-0.2, 0) is 26.6 Å². The van der Waals surface area contributed by atoms with Gasteiger partial charge < -0.3 is 38.6 Å². The summed E-state index contributed by atoms with van der Waals surface area (Å²) in [5, 5.41) is 22.9. The van der Waals surface area contributed by atoms with Gasteiger partial charge in [-0.2, -0.15) is 0 Å². The molecule has 8 nitrogen and oxygen atoms in total. The molecule has 0 spiro atoms. The molecule has 4 atom stereocenters. The molecule has 0 saturated carbocycles. The Morgan fingerprint density at radius 3 is 2.66 bits per heavy atom. The molecular weight excluding hydrogens is 380 g/mol. The molecule has 0 radical (unpaired) electrons. The molecule has 4 aliphatic heterocycles. The molecule has 152 valence electrons. The highest BCUT2D eigenvalue weighted by Gasteiger charge is 2.67. The molecule has 4 aliphatic rings. The van der Waals surface area contributed by atoms with Gasteiger partial charge in [0.1, 0.15) is 5.75 Å². The van der Waals surface area contributed by atoms with Crippen molar-refractivity contribution in [2.45, 2.75) is 24.1 Å². The van der Waals surface area contributed by atoms with Crippen LogP contribution >= 0.6 is 0 Å². The van der Waals surface area contributed by atoms with Gasteiger partial charge in [-0.3, -0.25) is 0 Å². The first-order valence-electron chi connectivity index (χ1n) is 9.52. The lowest BCUT2D eigenvalue weighted by Gasteiger charge is -2.36. The zero-order chi connectivity index (χ0) is 19.6. The molecule has 2 N–H and O–H groups in total. The molecular formula is C21H20O8. The SMILES string of the molecule is OC1(c2ccc3c(c2)COCO3)OCC2C(c3ccc4c(c3)OCO4)OCC21O. The van der Waals surface area contributed by atoms with Gasteiger partial charge in [-0.05, 0) is 35.9 Å². The van der Waals surface area contributed by atoms with Gasteiger partial charge in [0.15, 0.2) is 23.9 Å². The molecule has 6 rings (SSSR count). The molecule has 8 heteroatoms. The fraction of sp³-hybridized carbons (Fsp3) is 0.429. The summed E-state index contributed by atoms with van der Waals surface area (Å²) < 4.78 is 33.4. The van der Waals surface area contributed by atoms with E-state index >= 15 is 0 Å². The van der Waals surface area contributed by atoms with Crippen molar-refractivity contribution >= 4 is 0 Å². The first kappa shape index (κ1) is 17.5. The van der Waals surface area contributed by atoms with Crippen LogP contribution in [-0.4, -0.2) is 42.6 Å². The van der Waals surface area contributed by atoms with E-state index in [2.05, 4.69) is 0 Å². The summed E-state index contributed by atoms with van der Waals surface area (Å²) in [7, 11) is 0. The number of benzene rings is 2. The van der Waals surface area contributed by atoms with Crippen LogP contribution < -0.4 is 14.2 Å². The van der Waals surface area contributed by atoms with Gasteiger partial charge in [0, 0.05) is 17.0 Å². The molecule has 4 unspecified atom stereocenters. The lowest BCUT2D eigenvalue weighted by molar-refractivity contribution is -0.268. The highest BCUT2D eigenvalue weighted by molar-refractivity contribution is 5.46. The zero-order valence-electron chi connectivity index (χ0n) is 15.5. The number of aliphatic hydroxyl groups is 2. The Balaban J connectivity index is 1.34. The van der Waals surface area contributed by atoms with Gasteiger partial charge in [0.25, 0.3) is 0 Å². The summed E-state index contributed by atoms with van der Waals surface area (Å²) in [5.74, 6) is -0.317. The fourth-order valence-electron chi connectivity index (χ4n) is 4.65. The predicted octanol–water partition coefficient (Wildman–Crippen LogP) is 1.58.